The molecule has 0 spiro atoms. The molecule has 1 heterocycles. The fourth-order valence-corrected chi connectivity index (χ4v) is 2.92. The van der Waals surface area contributed by atoms with Gasteiger partial charge in [-0.25, -0.2) is 0 Å². The maximum absolute atomic E-state index is 11.1. The van der Waals surface area contributed by atoms with Crippen LogP contribution in [0.4, 0.5) is 5.69 Å². The molecule has 0 saturated carbocycles. The molecule has 0 amide bonds. The molecule has 1 aliphatic rings. The van der Waals surface area contributed by atoms with Gasteiger partial charge in [-0.2, -0.15) is 8.42 Å². The van der Waals surface area contributed by atoms with Gasteiger partial charge in [0, 0.05) is 24.2 Å². The van der Waals surface area contributed by atoms with E-state index in [4.69, 9.17) is 4.55 Å². The van der Waals surface area contributed by atoms with Gasteiger partial charge < -0.3 is 4.90 Å². The Hall–Kier alpha value is -1.07. The SMILES string of the molecule is C[C@H]1N(C)c2ccc(S(=O)(=O)O)cc2C1(C)C. The molecule has 0 aromatic heterocycles. The van der Waals surface area contributed by atoms with Crippen LogP contribution in [0.5, 0.6) is 0 Å². The third kappa shape index (κ3) is 1.73. The fraction of sp³-hybridized carbons (Fsp3) is 0.500. The van der Waals surface area contributed by atoms with E-state index in [0.29, 0.717) is 0 Å². The number of fused-ring (bicyclic) bond motifs is 1. The molecule has 0 aliphatic carbocycles. The van der Waals surface area contributed by atoms with Gasteiger partial charge in [-0.15, -0.1) is 0 Å². The summed E-state index contributed by atoms with van der Waals surface area (Å²) in [5.74, 6) is 0. The number of hydrogen-bond acceptors (Lipinski definition) is 3. The Morgan fingerprint density at radius 1 is 1.35 bits per heavy atom. The summed E-state index contributed by atoms with van der Waals surface area (Å²) in [6.07, 6.45) is 0. The highest BCUT2D eigenvalue weighted by molar-refractivity contribution is 7.85. The van der Waals surface area contributed by atoms with Crippen molar-refractivity contribution in [3.63, 3.8) is 0 Å². The van der Waals surface area contributed by atoms with E-state index >= 15 is 0 Å². The first-order valence-electron chi connectivity index (χ1n) is 5.50. The van der Waals surface area contributed by atoms with Crippen molar-refractivity contribution in [1.82, 2.24) is 0 Å². The van der Waals surface area contributed by atoms with Crippen LogP contribution in [0.25, 0.3) is 0 Å². The molecule has 0 radical (unpaired) electrons. The Bertz CT molecular complexity index is 563. The second kappa shape index (κ2) is 3.46. The molecule has 1 aromatic carbocycles. The smallest absolute Gasteiger partial charge is 0.294 e. The van der Waals surface area contributed by atoms with E-state index in [9.17, 15) is 8.42 Å². The largest absolute Gasteiger partial charge is 0.371 e. The van der Waals surface area contributed by atoms with Gasteiger partial charge in [-0.1, -0.05) is 13.8 Å². The molecule has 1 aliphatic heterocycles. The van der Waals surface area contributed by atoms with E-state index in [2.05, 4.69) is 25.7 Å². The van der Waals surface area contributed by atoms with Crippen molar-refractivity contribution in [2.24, 2.45) is 0 Å². The number of hydrogen-bond donors (Lipinski definition) is 1. The summed E-state index contributed by atoms with van der Waals surface area (Å²) >= 11 is 0. The van der Waals surface area contributed by atoms with E-state index in [1.165, 1.54) is 6.07 Å². The van der Waals surface area contributed by atoms with Crippen molar-refractivity contribution >= 4 is 15.8 Å². The summed E-state index contributed by atoms with van der Waals surface area (Å²) < 4.78 is 31.4. The summed E-state index contributed by atoms with van der Waals surface area (Å²) in [6.45, 7) is 6.26. The molecule has 0 unspecified atom stereocenters. The van der Waals surface area contributed by atoms with Crippen LogP contribution in [-0.4, -0.2) is 26.1 Å². The van der Waals surface area contributed by atoms with Crippen molar-refractivity contribution in [1.29, 1.82) is 0 Å². The Kier molecular flexibility index (Phi) is 2.52. The van der Waals surface area contributed by atoms with E-state index in [1.54, 1.807) is 12.1 Å². The van der Waals surface area contributed by atoms with Crippen LogP contribution in [0.15, 0.2) is 23.1 Å². The molecular formula is C12H17NO3S. The first-order chi connectivity index (χ1) is 7.65. The van der Waals surface area contributed by atoms with Crippen LogP contribution in [0, 0.1) is 0 Å². The number of rotatable bonds is 1. The summed E-state index contributed by atoms with van der Waals surface area (Å²) in [6, 6.07) is 5.06. The minimum Gasteiger partial charge on any atom is -0.371 e. The molecule has 1 N–H and O–H groups in total. The van der Waals surface area contributed by atoms with Crippen LogP contribution in [0.2, 0.25) is 0 Å². The predicted octanol–water partition coefficient (Wildman–Crippen LogP) is 2.05. The molecule has 0 saturated heterocycles. The van der Waals surface area contributed by atoms with Gasteiger partial charge in [0.05, 0.1) is 4.90 Å². The lowest BCUT2D eigenvalue weighted by Crippen LogP contribution is -2.36. The van der Waals surface area contributed by atoms with Gasteiger partial charge in [-0.05, 0) is 30.7 Å². The van der Waals surface area contributed by atoms with E-state index in [-0.39, 0.29) is 16.4 Å². The lowest BCUT2D eigenvalue weighted by Gasteiger charge is -2.28. The standard InChI is InChI=1S/C12H17NO3S/c1-8-12(2,3)10-7-9(17(14,15)16)5-6-11(10)13(8)4/h5-8H,1-4H3,(H,14,15,16)/t8-/m1/s1. The number of anilines is 1. The van der Waals surface area contributed by atoms with Crippen molar-refractivity contribution in [3.05, 3.63) is 23.8 Å². The second-order valence-electron chi connectivity index (χ2n) is 5.16. The van der Waals surface area contributed by atoms with Gasteiger partial charge in [-0.3, -0.25) is 4.55 Å². The van der Waals surface area contributed by atoms with Gasteiger partial charge in [0.2, 0.25) is 0 Å². The number of benzene rings is 1. The zero-order chi connectivity index (χ0) is 13.0. The van der Waals surface area contributed by atoms with Crippen LogP contribution < -0.4 is 4.90 Å². The Balaban J connectivity index is 2.67. The predicted molar refractivity (Wildman–Crippen MR) is 67.1 cm³/mol. The minimum atomic E-state index is -4.13. The molecular weight excluding hydrogens is 238 g/mol. The third-order valence-corrected chi connectivity index (χ3v) is 4.82. The molecule has 17 heavy (non-hydrogen) atoms. The maximum Gasteiger partial charge on any atom is 0.294 e. The molecule has 4 nitrogen and oxygen atoms in total. The lowest BCUT2D eigenvalue weighted by molar-refractivity contribution is 0.453. The first kappa shape index (κ1) is 12.4. The second-order valence-corrected chi connectivity index (χ2v) is 6.58. The van der Waals surface area contributed by atoms with E-state index in [0.717, 1.165) is 11.3 Å². The van der Waals surface area contributed by atoms with Crippen molar-refractivity contribution in [2.45, 2.75) is 37.1 Å². The molecule has 94 valence electrons. The Labute approximate surface area is 102 Å². The van der Waals surface area contributed by atoms with Crippen LogP contribution in [-0.2, 0) is 15.5 Å². The summed E-state index contributed by atoms with van der Waals surface area (Å²) in [4.78, 5) is 2.09. The summed E-state index contributed by atoms with van der Waals surface area (Å²) in [5, 5.41) is 0. The van der Waals surface area contributed by atoms with E-state index < -0.39 is 10.1 Å². The molecule has 2 rings (SSSR count). The molecule has 5 heteroatoms. The fourth-order valence-electron chi connectivity index (χ4n) is 2.42. The minimum absolute atomic E-state index is 0.0353. The van der Waals surface area contributed by atoms with Gasteiger partial charge in [0.15, 0.2) is 0 Å². The van der Waals surface area contributed by atoms with Gasteiger partial charge in [0.25, 0.3) is 10.1 Å². The van der Waals surface area contributed by atoms with Crippen LogP contribution >= 0.6 is 0 Å². The van der Waals surface area contributed by atoms with Crippen LogP contribution in [0.1, 0.15) is 26.3 Å². The van der Waals surface area contributed by atoms with Gasteiger partial charge in [0.1, 0.15) is 0 Å². The summed E-state index contributed by atoms with van der Waals surface area (Å²) in [7, 11) is -2.14. The van der Waals surface area contributed by atoms with Crippen molar-refractivity contribution < 1.29 is 13.0 Å². The molecule has 1 aromatic rings. The van der Waals surface area contributed by atoms with Gasteiger partial charge >= 0.3 is 0 Å². The van der Waals surface area contributed by atoms with Crippen molar-refractivity contribution in [2.75, 3.05) is 11.9 Å². The third-order valence-electron chi connectivity index (χ3n) is 3.97. The Morgan fingerprint density at radius 3 is 2.47 bits per heavy atom. The van der Waals surface area contributed by atoms with Crippen molar-refractivity contribution in [3.8, 4) is 0 Å². The average molecular weight is 255 g/mol. The Morgan fingerprint density at radius 2 is 1.94 bits per heavy atom. The summed E-state index contributed by atoms with van der Waals surface area (Å²) in [5.41, 5.74) is 1.85. The topological polar surface area (TPSA) is 57.6 Å². The quantitative estimate of drug-likeness (QED) is 0.780. The molecule has 0 fully saturated rings. The zero-order valence-electron chi connectivity index (χ0n) is 10.4. The normalized spacial score (nSPS) is 22.6. The highest BCUT2D eigenvalue weighted by atomic mass is 32.2. The number of likely N-dealkylation sites (N-methyl/N-ethyl adjacent to an activating group) is 1. The average Bonchev–Trinajstić information content (AvgIpc) is 2.39. The first-order valence-corrected chi connectivity index (χ1v) is 6.94. The maximum atomic E-state index is 11.1. The lowest BCUT2D eigenvalue weighted by atomic mass is 9.81. The molecule has 1 atom stereocenters. The number of nitrogens with zero attached hydrogens (tertiary/aromatic N) is 1. The monoisotopic (exact) mass is 255 g/mol. The van der Waals surface area contributed by atoms with E-state index in [1.807, 2.05) is 7.05 Å². The highest BCUT2D eigenvalue weighted by Crippen LogP contribution is 2.44. The zero-order valence-corrected chi connectivity index (χ0v) is 11.2. The highest BCUT2D eigenvalue weighted by Gasteiger charge is 2.40. The molecule has 0 bridgehead atoms. The van der Waals surface area contributed by atoms with Crippen LogP contribution in [0.3, 0.4) is 0 Å².